The van der Waals surface area contributed by atoms with E-state index in [0.717, 1.165) is 11.0 Å². The third kappa shape index (κ3) is 2.97. The molecule has 3 aromatic rings. The van der Waals surface area contributed by atoms with Gasteiger partial charge in [0.25, 0.3) is 5.91 Å². The van der Waals surface area contributed by atoms with Gasteiger partial charge in [-0.3, -0.25) is 4.79 Å². The van der Waals surface area contributed by atoms with E-state index in [1.807, 2.05) is 36.4 Å². The lowest BCUT2D eigenvalue weighted by Crippen LogP contribution is -2.11. The minimum Gasteiger partial charge on any atom is -0.329 e. The molecule has 0 spiro atoms. The van der Waals surface area contributed by atoms with E-state index >= 15 is 0 Å². The van der Waals surface area contributed by atoms with E-state index in [1.165, 1.54) is 5.56 Å². The summed E-state index contributed by atoms with van der Waals surface area (Å²) in [7, 11) is 0. The lowest BCUT2D eigenvalue weighted by atomic mass is 10.0. The number of hydrogen-bond acceptors (Lipinski definition) is 2. The zero-order valence-electron chi connectivity index (χ0n) is 12.4. The number of amides is 1. The van der Waals surface area contributed by atoms with Gasteiger partial charge in [-0.1, -0.05) is 26.0 Å². The molecule has 0 fully saturated rings. The highest BCUT2D eigenvalue weighted by atomic mass is 35.5. The number of benzene rings is 2. The second-order valence-corrected chi connectivity index (χ2v) is 5.85. The Morgan fingerprint density at radius 2 is 1.91 bits per heavy atom. The molecule has 1 aromatic heterocycles. The molecule has 1 amide bonds. The maximum Gasteiger partial charge on any atom is 0.255 e. The molecule has 22 heavy (non-hydrogen) atoms. The van der Waals surface area contributed by atoms with E-state index in [9.17, 15) is 4.79 Å². The minimum absolute atomic E-state index is 0.139. The van der Waals surface area contributed by atoms with Crippen LogP contribution in [0.5, 0.6) is 0 Å². The van der Waals surface area contributed by atoms with E-state index < -0.39 is 0 Å². The Morgan fingerprint density at radius 1 is 1.18 bits per heavy atom. The van der Waals surface area contributed by atoms with Gasteiger partial charge in [0, 0.05) is 11.3 Å². The van der Waals surface area contributed by atoms with Crippen molar-refractivity contribution in [1.82, 2.24) is 9.97 Å². The zero-order valence-corrected chi connectivity index (χ0v) is 13.1. The van der Waals surface area contributed by atoms with Crippen molar-refractivity contribution < 1.29 is 4.79 Å². The highest BCUT2D eigenvalue weighted by Crippen LogP contribution is 2.20. The molecule has 0 saturated carbocycles. The van der Waals surface area contributed by atoms with E-state index in [0.29, 0.717) is 22.5 Å². The van der Waals surface area contributed by atoms with Crippen LogP contribution in [0.3, 0.4) is 0 Å². The number of aromatic amines is 1. The molecule has 0 unspecified atom stereocenters. The minimum atomic E-state index is -0.139. The highest BCUT2D eigenvalue weighted by molar-refractivity contribution is 6.29. The van der Waals surface area contributed by atoms with Gasteiger partial charge in [-0.15, -0.1) is 0 Å². The Kier molecular flexibility index (Phi) is 3.86. The Hall–Kier alpha value is -2.33. The van der Waals surface area contributed by atoms with Gasteiger partial charge in [-0.2, -0.15) is 0 Å². The summed E-state index contributed by atoms with van der Waals surface area (Å²) in [6, 6.07) is 13.1. The van der Waals surface area contributed by atoms with Crippen LogP contribution < -0.4 is 5.32 Å². The van der Waals surface area contributed by atoms with Crippen LogP contribution in [0.1, 0.15) is 35.7 Å². The standard InChI is InChI=1S/C17H16ClN3O/c1-10(2)11-3-5-12(6-4-11)16(22)19-13-7-8-14-15(9-13)21-17(18)20-14/h3-10H,1-2H3,(H,19,22)(H,20,21). The maximum atomic E-state index is 12.3. The number of carbonyl (C=O) groups is 1. The second-order valence-electron chi connectivity index (χ2n) is 5.49. The van der Waals surface area contributed by atoms with Gasteiger partial charge in [-0.25, -0.2) is 4.98 Å². The number of nitrogens with zero attached hydrogens (tertiary/aromatic N) is 1. The summed E-state index contributed by atoms with van der Waals surface area (Å²) in [6.07, 6.45) is 0. The first-order valence-corrected chi connectivity index (χ1v) is 7.47. The fourth-order valence-electron chi connectivity index (χ4n) is 2.28. The molecule has 2 aromatic carbocycles. The van der Waals surface area contributed by atoms with Crippen molar-refractivity contribution in [2.45, 2.75) is 19.8 Å². The lowest BCUT2D eigenvalue weighted by Gasteiger charge is -2.08. The molecule has 112 valence electrons. The van der Waals surface area contributed by atoms with Crippen molar-refractivity contribution in [3.63, 3.8) is 0 Å². The fourth-order valence-corrected chi connectivity index (χ4v) is 2.47. The summed E-state index contributed by atoms with van der Waals surface area (Å²) in [5, 5.41) is 3.21. The number of anilines is 1. The Balaban J connectivity index is 1.79. The molecular formula is C17H16ClN3O. The van der Waals surface area contributed by atoms with Crippen molar-refractivity contribution in [1.29, 1.82) is 0 Å². The first-order valence-electron chi connectivity index (χ1n) is 7.09. The number of nitrogens with one attached hydrogen (secondary N) is 2. The van der Waals surface area contributed by atoms with Gasteiger partial charge in [-0.05, 0) is 53.4 Å². The topological polar surface area (TPSA) is 57.8 Å². The number of aromatic nitrogens is 2. The van der Waals surface area contributed by atoms with Crippen molar-refractivity contribution in [3.8, 4) is 0 Å². The number of hydrogen-bond donors (Lipinski definition) is 2. The number of carbonyl (C=O) groups excluding carboxylic acids is 1. The van der Waals surface area contributed by atoms with Crippen LogP contribution in [0, 0.1) is 0 Å². The summed E-state index contributed by atoms with van der Waals surface area (Å²) in [5.74, 6) is 0.310. The van der Waals surface area contributed by atoms with E-state index in [-0.39, 0.29) is 5.91 Å². The second kappa shape index (κ2) is 5.81. The number of fused-ring (bicyclic) bond motifs is 1. The van der Waals surface area contributed by atoms with Crippen LogP contribution in [-0.2, 0) is 0 Å². The summed E-state index contributed by atoms with van der Waals surface area (Å²) < 4.78 is 0. The monoisotopic (exact) mass is 313 g/mol. The van der Waals surface area contributed by atoms with Crippen LogP contribution in [0.2, 0.25) is 5.28 Å². The van der Waals surface area contributed by atoms with Crippen molar-refractivity contribution in [2.24, 2.45) is 0 Å². The molecule has 0 atom stereocenters. The summed E-state index contributed by atoms with van der Waals surface area (Å²) in [4.78, 5) is 19.3. The third-order valence-corrected chi connectivity index (χ3v) is 3.73. The van der Waals surface area contributed by atoms with E-state index in [1.54, 1.807) is 6.07 Å². The van der Waals surface area contributed by atoms with Gasteiger partial charge in [0.1, 0.15) is 0 Å². The Morgan fingerprint density at radius 3 is 2.59 bits per heavy atom. The van der Waals surface area contributed by atoms with Crippen LogP contribution in [-0.4, -0.2) is 15.9 Å². The molecule has 0 saturated heterocycles. The van der Waals surface area contributed by atoms with Gasteiger partial charge in [0.05, 0.1) is 11.0 Å². The predicted molar refractivity (Wildman–Crippen MR) is 89.6 cm³/mol. The van der Waals surface area contributed by atoms with Gasteiger partial charge >= 0.3 is 0 Å². The SMILES string of the molecule is CC(C)c1ccc(C(=O)Nc2ccc3nc(Cl)[nH]c3c2)cc1. The van der Waals surface area contributed by atoms with E-state index in [4.69, 9.17) is 11.6 Å². The molecular weight excluding hydrogens is 298 g/mol. The summed E-state index contributed by atoms with van der Waals surface area (Å²) >= 11 is 5.82. The molecule has 0 radical (unpaired) electrons. The summed E-state index contributed by atoms with van der Waals surface area (Å²) in [5.41, 5.74) is 4.10. The maximum absolute atomic E-state index is 12.3. The van der Waals surface area contributed by atoms with Crippen LogP contribution >= 0.6 is 11.6 Å². The molecule has 0 bridgehead atoms. The third-order valence-electron chi connectivity index (χ3n) is 3.55. The zero-order chi connectivity index (χ0) is 15.7. The highest BCUT2D eigenvalue weighted by Gasteiger charge is 2.08. The molecule has 3 rings (SSSR count). The van der Waals surface area contributed by atoms with Crippen LogP contribution in [0.15, 0.2) is 42.5 Å². The first-order chi connectivity index (χ1) is 10.5. The number of imidazole rings is 1. The average molecular weight is 314 g/mol. The van der Waals surface area contributed by atoms with Gasteiger partial charge < -0.3 is 10.3 Å². The number of rotatable bonds is 3. The van der Waals surface area contributed by atoms with E-state index in [2.05, 4.69) is 29.1 Å². The van der Waals surface area contributed by atoms with Gasteiger partial charge in [0.2, 0.25) is 5.28 Å². The average Bonchev–Trinajstić information content (AvgIpc) is 2.86. The lowest BCUT2D eigenvalue weighted by molar-refractivity contribution is 0.102. The summed E-state index contributed by atoms with van der Waals surface area (Å²) in [6.45, 7) is 4.25. The predicted octanol–water partition coefficient (Wildman–Crippen LogP) is 4.59. The molecule has 1 heterocycles. The van der Waals surface area contributed by atoms with Crippen LogP contribution in [0.25, 0.3) is 11.0 Å². The van der Waals surface area contributed by atoms with Gasteiger partial charge in [0.15, 0.2) is 0 Å². The normalized spacial score (nSPS) is 11.1. The fraction of sp³-hybridized carbons (Fsp3) is 0.176. The first kappa shape index (κ1) is 14.6. The van der Waals surface area contributed by atoms with Crippen LogP contribution in [0.4, 0.5) is 5.69 Å². The molecule has 0 aliphatic carbocycles. The number of H-pyrrole nitrogens is 1. The number of halogens is 1. The molecule has 0 aliphatic heterocycles. The molecule has 0 aliphatic rings. The largest absolute Gasteiger partial charge is 0.329 e. The van der Waals surface area contributed by atoms with Crippen molar-refractivity contribution in [3.05, 3.63) is 58.9 Å². The quantitative estimate of drug-likeness (QED) is 0.743. The molecule has 4 nitrogen and oxygen atoms in total. The molecule has 2 N–H and O–H groups in total. The Bertz CT molecular complexity index is 822. The Labute approximate surface area is 133 Å². The molecule has 5 heteroatoms. The van der Waals surface area contributed by atoms with Crippen molar-refractivity contribution in [2.75, 3.05) is 5.32 Å². The smallest absolute Gasteiger partial charge is 0.255 e. The van der Waals surface area contributed by atoms with Crippen molar-refractivity contribution >= 4 is 34.2 Å².